The zero-order chi connectivity index (χ0) is 16.2. The lowest BCUT2D eigenvalue weighted by Crippen LogP contribution is -2.41. The molecular formula is C17H25N5S. The van der Waals surface area contributed by atoms with Crippen molar-refractivity contribution in [1.29, 1.82) is 0 Å². The number of aromatic nitrogens is 2. The molecule has 3 heterocycles. The Morgan fingerprint density at radius 2 is 2.43 bits per heavy atom. The first-order chi connectivity index (χ1) is 11.2. The molecule has 2 aromatic rings. The predicted molar refractivity (Wildman–Crippen MR) is 96.2 cm³/mol. The van der Waals surface area contributed by atoms with E-state index in [9.17, 15) is 0 Å². The van der Waals surface area contributed by atoms with Gasteiger partial charge in [-0.1, -0.05) is 6.92 Å². The fraction of sp³-hybridized carbons (Fsp3) is 0.529. The van der Waals surface area contributed by atoms with Crippen LogP contribution in [0.25, 0.3) is 0 Å². The SMILES string of the molecule is CN=C(NCC(C)c1ccsc1)N1CCC(c2cnn(C)c2)C1. The Morgan fingerprint density at radius 3 is 3.09 bits per heavy atom. The molecule has 1 aliphatic heterocycles. The first-order valence-electron chi connectivity index (χ1n) is 8.13. The number of hydrogen-bond donors (Lipinski definition) is 1. The van der Waals surface area contributed by atoms with Crippen molar-refractivity contribution in [3.05, 3.63) is 40.3 Å². The molecular weight excluding hydrogens is 306 g/mol. The molecule has 0 amide bonds. The molecule has 0 saturated carbocycles. The van der Waals surface area contributed by atoms with Crippen molar-refractivity contribution >= 4 is 17.3 Å². The molecule has 2 aromatic heterocycles. The zero-order valence-electron chi connectivity index (χ0n) is 14.1. The van der Waals surface area contributed by atoms with Gasteiger partial charge in [0.25, 0.3) is 0 Å². The molecule has 0 aliphatic carbocycles. The van der Waals surface area contributed by atoms with Gasteiger partial charge in [0.2, 0.25) is 0 Å². The minimum absolute atomic E-state index is 0.495. The largest absolute Gasteiger partial charge is 0.356 e. The van der Waals surface area contributed by atoms with Gasteiger partial charge in [-0.15, -0.1) is 0 Å². The Labute approximate surface area is 142 Å². The summed E-state index contributed by atoms with van der Waals surface area (Å²) in [6.45, 7) is 5.23. The van der Waals surface area contributed by atoms with Crippen LogP contribution in [0.1, 0.15) is 36.3 Å². The van der Waals surface area contributed by atoms with Crippen LogP contribution in [-0.4, -0.2) is 47.3 Å². The second-order valence-electron chi connectivity index (χ2n) is 6.26. The van der Waals surface area contributed by atoms with E-state index in [4.69, 9.17) is 0 Å². The topological polar surface area (TPSA) is 45.5 Å². The van der Waals surface area contributed by atoms with Gasteiger partial charge in [0.05, 0.1) is 6.20 Å². The van der Waals surface area contributed by atoms with Crippen LogP contribution < -0.4 is 5.32 Å². The molecule has 1 fully saturated rings. The summed E-state index contributed by atoms with van der Waals surface area (Å²) < 4.78 is 1.88. The average Bonchev–Trinajstić information content (AvgIpc) is 3.28. The van der Waals surface area contributed by atoms with Gasteiger partial charge in [-0.2, -0.15) is 16.4 Å². The summed E-state index contributed by atoms with van der Waals surface area (Å²) in [5, 5.41) is 12.2. The van der Waals surface area contributed by atoms with Gasteiger partial charge < -0.3 is 10.2 Å². The highest BCUT2D eigenvalue weighted by molar-refractivity contribution is 7.07. The summed E-state index contributed by atoms with van der Waals surface area (Å²) >= 11 is 1.76. The third kappa shape index (κ3) is 3.75. The highest BCUT2D eigenvalue weighted by Gasteiger charge is 2.27. The lowest BCUT2D eigenvalue weighted by Gasteiger charge is -2.23. The van der Waals surface area contributed by atoms with Crippen molar-refractivity contribution in [3.8, 4) is 0 Å². The molecule has 23 heavy (non-hydrogen) atoms. The number of rotatable bonds is 4. The van der Waals surface area contributed by atoms with Gasteiger partial charge in [-0.3, -0.25) is 9.67 Å². The van der Waals surface area contributed by atoms with Crippen LogP contribution >= 0.6 is 11.3 Å². The van der Waals surface area contributed by atoms with E-state index in [2.05, 4.69) is 50.3 Å². The molecule has 6 heteroatoms. The Kier molecular flexibility index (Phi) is 5.00. The third-order valence-electron chi connectivity index (χ3n) is 4.57. The Balaban J connectivity index is 1.55. The Bertz CT molecular complexity index is 646. The second-order valence-corrected chi connectivity index (χ2v) is 7.04. The maximum atomic E-state index is 4.47. The number of hydrogen-bond acceptors (Lipinski definition) is 3. The van der Waals surface area contributed by atoms with Crippen molar-refractivity contribution in [2.75, 3.05) is 26.7 Å². The van der Waals surface area contributed by atoms with E-state index in [-0.39, 0.29) is 0 Å². The lowest BCUT2D eigenvalue weighted by atomic mass is 10.0. The van der Waals surface area contributed by atoms with Crippen molar-refractivity contribution in [3.63, 3.8) is 0 Å². The van der Waals surface area contributed by atoms with Gasteiger partial charge in [0, 0.05) is 45.8 Å². The number of guanidine groups is 1. The number of aliphatic imine (C=N–C) groups is 1. The van der Waals surface area contributed by atoms with E-state index in [1.54, 1.807) is 11.3 Å². The average molecular weight is 331 g/mol. The molecule has 1 aliphatic rings. The highest BCUT2D eigenvalue weighted by Crippen LogP contribution is 2.26. The first-order valence-corrected chi connectivity index (χ1v) is 9.08. The summed E-state index contributed by atoms with van der Waals surface area (Å²) in [6, 6.07) is 2.20. The fourth-order valence-corrected chi connectivity index (χ4v) is 3.91. The molecule has 2 unspecified atom stereocenters. The molecule has 1 N–H and O–H groups in total. The van der Waals surface area contributed by atoms with Gasteiger partial charge in [0.1, 0.15) is 0 Å². The van der Waals surface area contributed by atoms with Crippen molar-refractivity contribution in [1.82, 2.24) is 20.0 Å². The summed E-state index contributed by atoms with van der Waals surface area (Å²) in [4.78, 5) is 6.83. The zero-order valence-corrected chi connectivity index (χ0v) is 14.9. The summed E-state index contributed by atoms with van der Waals surface area (Å²) in [6.07, 6.45) is 5.28. The smallest absolute Gasteiger partial charge is 0.193 e. The molecule has 1 saturated heterocycles. The molecule has 0 bridgehead atoms. The molecule has 5 nitrogen and oxygen atoms in total. The number of likely N-dealkylation sites (tertiary alicyclic amines) is 1. The van der Waals surface area contributed by atoms with Gasteiger partial charge in [-0.05, 0) is 40.3 Å². The Morgan fingerprint density at radius 1 is 1.57 bits per heavy atom. The van der Waals surface area contributed by atoms with E-state index in [1.165, 1.54) is 11.1 Å². The van der Waals surface area contributed by atoms with Crippen LogP contribution in [0.5, 0.6) is 0 Å². The second kappa shape index (κ2) is 7.17. The third-order valence-corrected chi connectivity index (χ3v) is 5.28. The van der Waals surface area contributed by atoms with Gasteiger partial charge >= 0.3 is 0 Å². The maximum absolute atomic E-state index is 4.47. The molecule has 124 valence electrons. The molecule has 0 radical (unpaired) electrons. The Hall–Kier alpha value is -1.82. The first kappa shape index (κ1) is 16.1. The van der Waals surface area contributed by atoms with Crippen LogP contribution in [-0.2, 0) is 7.05 Å². The predicted octanol–water partition coefficient (Wildman–Crippen LogP) is 2.65. The standard InChI is InChI=1S/C17H25N5S/c1-13(15-5-7-23-12-15)8-19-17(18-2)22-6-4-14(11-22)16-9-20-21(3)10-16/h5,7,9-10,12-14H,4,6,8,11H2,1-3H3,(H,18,19). The van der Waals surface area contributed by atoms with E-state index < -0.39 is 0 Å². The lowest BCUT2D eigenvalue weighted by molar-refractivity contribution is 0.482. The fourth-order valence-electron chi connectivity index (χ4n) is 3.13. The summed E-state index contributed by atoms with van der Waals surface area (Å²) in [5.74, 6) is 2.06. The van der Waals surface area contributed by atoms with Crippen LogP contribution in [0.4, 0.5) is 0 Å². The molecule has 0 spiro atoms. The summed E-state index contributed by atoms with van der Waals surface area (Å²) in [5.41, 5.74) is 2.73. The molecule has 0 aromatic carbocycles. The normalized spacial score (nSPS) is 20.0. The van der Waals surface area contributed by atoms with E-state index in [0.29, 0.717) is 11.8 Å². The van der Waals surface area contributed by atoms with Gasteiger partial charge in [0.15, 0.2) is 5.96 Å². The minimum atomic E-state index is 0.495. The van der Waals surface area contributed by atoms with Crippen molar-refractivity contribution in [2.45, 2.75) is 25.2 Å². The van der Waals surface area contributed by atoms with E-state index >= 15 is 0 Å². The number of thiophene rings is 1. The van der Waals surface area contributed by atoms with E-state index in [1.807, 2.05) is 25.0 Å². The number of nitrogens with one attached hydrogen (secondary N) is 1. The number of nitrogens with zero attached hydrogens (tertiary/aromatic N) is 4. The maximum Gasteiger partial charge on any atom is 0.193 e. The van der Waals surface area contributed by atoms with Gasteiger partial charge in [-0.25, -0.2) is 0 Å². The van der Waals surface area contributed by atoms with Crippen LogP contribution in [0, 0.1) is 0 Å². The minimum Gasteiger partial charge on any atom is -0.356 e. The van der Waals surface area contributed by atoms with Crippen LogP contribution in [0.3, 0.4) is 0 Å². The quantitative estimate of drug-likeness (QED) is 0.692. The monoisotopic (exact) mass is 331 g/mol. The molecule has 3 rings (SSSR count). The van der Waals surface area contributed by atoms with Crippen molar-refractivity contribution < 1.29 is 0 Å². The van der Waals surface area contributed by atoms with Crippen LogP contribution in [0.15, 0.2) is 34.2 Å². The summed E-state index contributed by atoms with van der Waals surface area (Å²) in [7, 11) is 3.84. The number of aryl methyl sites for hydroxylation is 1. The van der Waals surface area contributed by atoms with Crippen molar-refractivity contribution in [2.24, 2.45) is 12.0 Å². The molecule has 2 atom stereocenters. The van der Waals surface area contributed by atoms with Crippen LogP contribution in [0.2, 0.25) is 0 Å². The highest BCUT2D eigenvalue weighted by atomic mass is 32.1. The van der Waals surface area contributed by atoms with E-state index in [0.717, 1.165) is 32.0 Å².